The number of hydrogen-bond donors (Lipinski definition) is 0. The van der Waals surface area contributed by atoms with Crippen molar-refractivity contribution in [2.75, 3.05) is 20.3 Å². The van der Waals surface area contributed by atoms with E-state index in [0.717, 1.165) is 31.1 Å². The van der Waals surface area contributed by atoms with Gasteiger partial charge in [-0.05, 0) is 37.7 Å². The number of hydrogen-bond acceptors (Lipinski definition) is 3. The Morgan fingerprint density at radius 1 is 1.14 bits per heavy atom. The average molecular weight is 297 g/mol. The van der Waals surface area contributed by atoms with Gasteiger partial charge in [0.15, 0.2) is 0 Å². The SMILES string of the molecule is CCOc1ccc(CN(C)C2CCOc3ccccc32)cc1. The van der Waals surface area contributed by atoms with E-state index in [4.69, 9.17) is 9.47 Å². The Kier molecular flexibility index (Phi) is 4.64. The van der Waals surface area contributed by atoms with Crippen LogP contribution in [0.3, 0.4) is 0 Å². The molecule has 1 aliphatic rings. The van der Waals surface area contributed by atoms with Crippen LogP contribution in [0.4, 0.5) is 0 Å². The van der Waals surface area contributed by atoms with Crippen molar-refractivity contribution in [3.8, 4) is 11.5 Å². The lowest BCUT2D eigenvalue weighted by molar-refractivity contribution is 0.161. The highest BCUT2D eigenvalue weighted by Crippen LogP contribution is 2.35. The zero-order chi connectivity index (χ0) is 15.4. The molecule has 0 spiro atoms. The first-order chi connectivity index (χ1) is 10.8. The fourth-order valence-electron chi connectivity index (χ4n) is 3.04. The summed E-state index contributed by atoms with van der Waals surface area (Å²) < 4.78 is 11.3. The minimum absolute atomic E-state index is 0.413. The molecule has 3 heteroatoms. The molecule has 0 fully saturated rings. The standard InChI is InChI=1S/C19H23NO2/c1-3-21-16-10-8-15(9-11-16)14-20(2)18-12-13-22-19-7-5-4-6-17(18)19/h4-11,18H,3,12-14H2,1-2H3. The number of fused-ring (bicyclic) bond motifs is 1. The Hall–Kier alpha value is -2.00. The van der Waals surface area contributed by atoms with E-state index in [1.165, 1.54) is 11.1 Å². The van der Waals surface area contributed by atoms with Gasteiger partial charge in [0.05, 0.1) is 13.2 Å². The van der Waals surface area contributed by atoms with Crippen LogP contribution in [0.5, 0.6) is 11.5 Å². The number of benzene rings is 2. The minimum Gasteiger partial charge on any atom is -0.494 e. The molecule has 0 saturated heterocycles. The molecule has 0 N–H and O–H groups in total. The van der Waals surface area contributed by atoms with E-state index in [1.54, 1.807) is 0 Å². The van der Waals surface area contributed by atoms with Gasteiger partial charge in [-0.3, -0.25) is 4.90 Å². The van der Waals surface area contributed by atoms with Crippen LogP contribution in [0.25, 0.3) is 0 Å². The van der Waals surface area contributed by atoms with E-state index in [9.17, 15) is 0 Å². The van der Waals surface area contributed by atoms with Crippen molar-refractivity contribution >= 4 is 0 Å². The molecule has 1 heterocycles. The molecule has 22 heavy (non-hydrogen) atoms. The van der Waals surface area contributed by atoms with E-state index >= 15 is 0 Å². The van der Waals surface area contributed by atoms with Crippen LogP contribution < -0.4 is 9.47 Å². The molecule has 3 nitrogen and oxygen atoms in total. The average Bonchev–Trinajstić information content (AvgIpc) is 2.56. The fraction of sp³-hybridized carbons (Fsp3) is 0.368. The third kappa shape index (κ3) is 3.25. The van der Waals surface area contributed by atoms with Crippen molar-refractivity contribution in [2.24, 2.45) is 0 Å². The summed E-state index contributed by atoms with van der Waals surface area (Å²) in [4.78, 5) is 2.40. The Balaban J connectivity index is 1.71. The highest BCUT2D eigenvalue weighted by Gasteiger charge is 2.24. The summed E-state index contributed by atoms with van der Waals surface area (Å²) >= 11 is 0. The Labute approximate surface area is 132 Å². The molecule has 1 atom stereocenters. The first-order valence-electron chi connectivity index (χ1n) is 7.91. The van der Waals surface area contributed by atoms with Crippen LogP contribution in [-0.4, -0.2) is 25.2 Å². The third-order valence-corrected chi connectivity index (χ3v) is 4.13. The van der Waals surface area contributed by atoms with E-state index in [1.807, 2.05) is 25.1 Å². The smallest absolute Gasteiger partial charge is 0.124 e. The molecule has 0 aliphatic carbocycles. The van der Waals surface area contributed by atoms with Gasteiger partial charge in [0.1, 0.15) is 11.5 Å². The summed E-state index contributed by atoms with van der Waals surface area (Å²) in [5.41, 5.74) is 2.59. The molecular formula is C19H23NO2. The van der Waals surface area contributed by atoms with Crippen LogP contribution in [0.1, 0.15) is 30.5 Å². The topological polar surface area (TPSA) is 21.7 Å². The highest BCUT2D eigenvalue weighted by molar-refractivity contribution is 5.37. The van der Waals surface area contributed by atoms with Crippen LogP contribution >= 0.6 is 0 Å². The van der Waals surface area contributed by atoms with E-state index in [2.05, 4.69) is 42.3 Å². The molecule has 0 saturated carbocycles. The van der Waals surface area contributed by atoms with Crippen molar-refractivity contribution in [3.63, 3.8) is 0 Å². The minimum atomic E-state index is 0.413. The molecule has 116 valence electrons. The van der Waals surface area contributed by atoms with Crippen LogP contribution in [-0.2, 0) is 6.54 Å². The monoisotopic (exact) mass is 297 g/mol. The summed E-state index contributed by atoms with van der Waals surface area (Å²) in [6.07, 6.45) is 1.03. The first-order valence-corrected chi connectivity index (χ1v) is 7.91. The summed E-state index contributed by atoms with van der Waals surface area (Å²) in [6.45, 7) is 4.42. The van der Waals surface area contributed by atoms with Gasteiger partial charge in [0.2, 0.25) is 0 Å². The number of nitrogens with zero attached hydrogens (tertiary/aromatic N) is 1. The molecule has 1 aliphatic heterocycles. The molecule has 0 bridgehead atoms. The zero-order valence-corrected chi connectivity index (χ0v) is 13.3. The molecule has 3 rings (SSSR count). The molecular weight excluding hydrogens is 274 g/mol. The number of rotatable bonds is 5. The second-order valence-electron chi connectivity index (χ2n) is 5.68. The summed E-state index contributed by atoms with van der Waals surface area (Å²) in [6, 6.07) is 17.2. The largest absolute Gasteiger partial charge is 0.494 e. The Bertz CT molecular complexity index is 609. The maximum Gasteiger partial charge on any atom is 0.124 e. The number of para-hydroxylation sites is 1. The van der Waals surface area contributed by atoms with Crippen molar-refractivity contribution in [2.45, 2.75) is 25.9 Å². The molecule has 2 aromatic rings. The quantitative estimate of drug-likeness (QED) is 0.831. The molecule has 1 unspecified atom stereocenters. The van der Waals surface area contributed by atoms with Gasteiger partial charge in [-0.25, -0.2) is 0 Å². The van der Waals surface area contributed by atoms with Crippen LogP contribution in [0, 0.1) is 0 Å². The predicted molar refractivity (Wildman–Crippen MR) is 88.4 cm³/mol. The summed E-state index contributed by atoms with van der Waals surface area (Å²) in [7, 11) is 2.18. The molecule has 0 amide bonds. The van der Waals surface area contributed by atoms with Crippen molar-refractivity contribution in [1.82, 2.24) is 4.90 Å². The van der Waals surface area contributed by atoms with Crippen molar-refractivity contribution < 1.29 is 9.47 Å². The second kappa shape index (κ2) is 6.84. The summed E-state index contributed by atoms with van der Waals surface area (Å²) in [5.74, 6) is 1.96. The van der Waals surface area contributed by atoms with Gasteiger partial charge in [-0.2, -0.15) is 0 Å². The lowest BCUT2D eigenvalue weighted by atomic mass is 9.99. The summed E-state index contributed by atoms with van der Waals surface area (Å²) in [5, 5.41) is 0. The van der Waals surface area contributed by atoms with E-state index in [-0.39, 0.29) is 0 Å². The maximum atomic E-state index is 5.75. The molecule has 0 radical (unpaired) electrons. The van der Waals surface area contributed by atoms with E-state index in [0.29, 0.717) is 12.6 Å². The van der Waals surface area contributed by atoms with Gasteiger partial charge in [-0.1, -0.05) is 30.3 Å². The maximum absolute atomic E-state index is 5.75. The predicted octanol–water partition coefficient (Wildman–Crippen LogP) is 4.04. The van der Waals surface area contributed by atoms with Gasteiger partial charge < -0.3 is 9.47 Å². The fourth-order valence-corrected chi connectivity index (χ4v) is 3.04. The van der Waals surface area contributed by atoms with Gasteiger partial charge in [-0.15, -0.1) is 0 Å². The lowest BCUT2D eigenvalue weighted by Gasteiger charge is -2.33. The van der Waals surface area contributed by atoms with Gasteiger partial charge in [0, 0.05) is 24.6 Å². The van der Waals surface area contributed by atoms with Gasteiger partial charge in [0.25, 0.3) is 0 Å². The Morgan fingerprint density at radius 2 is 1.91 bits per heavy atom. The first kappa shape index (κ1) is 14.9. The van der Waals surface area contributed by atoms with Crippen molar-refractivity contribution in [1.29, 1.82) is 0 Å². The van der Waals surface area contributed by atoms with Crippen molar-refractivity contribution in [3.05, 3.63) is 59.7 Å². The Morgan fingerprint density at radius 3 is 2.68 bits per heavy atom. The van der Waals surface area contributed by atoms with E-state index < -0.39 is 0 Å². The zero-order valence-electron chi connectivity index (χ0n) is 13.3. The normalized spacial score (nSPS) is 17.0. The molecule has 2 aromatic carbocycles. The van der Waals surface area contributed by atoms with Crippen LogP contribution in [0.15, 0.2) is 48.5 Å². The van der Waals surface area contributed by atoms with Gasteiger partial charge >= 0.3 is 0 Å². The third-order valence-electron chi connectivity index (χ3n) is 4.13. The van der Waals surface area contributed by atoms with Crippen LogP contribution in [0.2, 0.25) is 0 Å². The highest BCUT2D eigenvalue weighted by atomic mass is 16.5. The second-order valence-corrected chi connectivity index (χ2v) is 5.68. The lowest BCUT2D eigenvalue weighted by Crippen LogP contribution is -2.29. The molecule has 0 aromatic heterocycles. The number of ether oxygens (including phenoxy) is 2.